The van der Waals surface area contributed by atoms with Gasteiger partial charge in [0, 0.05) is 8.80 Å². The van der Waals surface area contributed by atoms with Gasteiger partial charge in [-0.05, 0) is 5.04 Å². The second-order valence-corrected chi connectivity index (χ2v) is 7.37. The van der Waals surface area contributed by atoms with Crippen molar-refractivity contribution in [3.63, 3.8) is 0 Å². The second-order valence-electron chi connectivity index (χ2n) is 3.50. The molecule has 8 heavy (non-hydrogen) atoms. The first kappa shape index (κ1) is 8.22. The molecule has 1 heteroatoms. The van der Waals surface area contributed by atoms with E-state index >= 15 is 0 Å². The third-order valence-corrected chi connectivity index (χ3v) is 6.01. The van der Waals surface area contributed by atoms with Crippen molar-refractivity contribution in [1.29, 1.82) is 0 Å². The minimum absolute atomic E-state index is 0.380. The molecule has 0 N–H and O–H groups in total. The van der Waals surface area contributed by atoms with Crippen LogP contribution in [0.1, 0.15) is 27.2 Å². The van der Waals surface area contributed by atoms with Crippen LogP contribution in [0.5, 0.6) is 0 Å². The summed E-state index contributed by atoms with van der Waals surface area (Å²) in [5, 5.41) is 0.681. The van der Waals surface area contributed by atoms with Gasteiger partial charge >= 0.3 is 0 Å². The van der Waals surface area contributed by atoms with E-state index in [-0.39, 0.29) is 8.80 Å². The largest absolute Gasteiger partial charge is 0.0718 e. The molecule has 0 bridgehead atoms. The van der Waals surface area contributed by atoms with E-state index in [1.165, 1.54) is 6.42 Å². The Morgan fingerprint density at radius 3 is 1.62 bits per heavy atom. The zero-order chi connectivity index (χ0) is 6.78. The molecule has 0 unspecified atom stereocenters. The first-order valence-corrected chi connectivity index (χ1v) is 6.39. The summed E-state index contributed by atoms with van der Waals surface area (Å²) >= 11 is 0. The molecule has 0 radical (unpaired) electrons. The lowest BCUT2D eigenvalue weighted by molar-refractivity contribution is 0.634. The van der Waals surface area contributed by atoms with Crippen LogP contribution in [-0.4, -0.2) is 8.80 Å². The molecule has 0 aromatic carbocycles. The van der Waals surface area contributed by atoms with E-state index in [0.29, 0.717) is 5.04 Å². The summed E-state index contributed by atoms with van der Waals surface area (Å²) < 4.78 is 0. The van der Waals surface area contributed by atoms with Crippen LogP contribution in [0, 0.1) is 0 Å². The van der Waals surface area contributed by atoms with Crippen LogP contribution in [0.3, 0.4) is 0 Å². The Balaban J connectivity index is 3.71. The lowest BCUT2D eigenvalue weighted by Crippen LogP contribution is -2.19. The van der Waals surface area contributed by atoms with Gasteiger partial charge in [0.1, 0.15) is 0 Å². The summed E-state index contributed by atoms with van der Waals surface area (Å²) in [5.74, 6) is 0. The van der Waals surface area contributed by atoms with Gasteiger partial charge in [-0.1, -0.05) is 40.3 Å². The Kier molecular flexibility index (Phi) is 2.74. The average Bonchev–Trinajstić information content (AvgIpc) is 1.67. The molecule has 0 fully saturated rings. The highest BCUT2D eigenvalue weighted by Gasteiger charge is 2.19. The molecule has 0 aliphatic rings. The monoisotopic (exact) mass is 130 g/mol. The zero-order valence-corrected chi connectivity index (χ0v) is 7.94. The van der Waals surface area contributed by atoms with Gasteiger partial charge in [-0.2, -0.15) is 0 Å². The van der Waals surface area contributed by atoms with Gasteiger partial charge < -0.3 is 0 Å². The van der Waals surface area contributed by atoms with Crippen LogP contribution in [0.4, 0.5) is 0 Å². The molecule has 0 aliphatic heterocycles. The molecule has 0 aromatic rings. The van der Waals surface area contributed by atoms with Crippen molar-refractivity contribution in [2.75, 3.05) is 0 Å². The minimum Gasteiger partial charge on any atom is -0.0718 e. The molecule has 50 valence electrons. The van der Waals surface area contributed by atoms with Gasteiger partial charge in [-0.3, -0.25) is 0 Å². The highest BCUT2D eigenvalue weighted by molar-refractivity contribution is 6.59. The molecule has 0 nitrogen and oxygen atoms in total. The van der Waals surface area contributed by atoms with Crippen LogP contribution < -0.4 is 0 Å². The summed E-state index contributed by atoms with van der Waals surface area (Å²) in [7, 11) is -0.380. The molecule has 0 aromatic heterocycles. The predicted molar refractivity (Wildman–Crippen MR) is 43.2 cm³/mol. The van der Waals surface area contributed by atoms with E-state index in [0.717, 1.165) is 0 Å². The Morgan fingerprint density at radius 1 is 1.25 bits per heavy atom. The van der Waals surface area contributed by atoms with Gasteiger partial charge in [0.2, 0.25) is 0 Å². The maximum Gasteiger partial charge on any atom is 0.0364 e. The summed E-state index contributed by atoms with van der Waals surface area (Å²) in [6.45, 7) is 11.9. The summed E-state index contributed by atoms with van der Waals surface area (Å²) in [6.07, 6.45) is 1.34. The van der Waals surface area contributed by atoms with Crippen LogP contribution in [-0.2, 0) is 0 Å². The quantitative estimate of drug-likeness (QED) is 0.504. The number of hydrogen-bond acceptors (Lipinski definition) is 0. The number of rotatable bonds is 2. The molecule has 0 saturated heterocycles. The molecule has 0 aliphatic carbocycles. The highest BCUT2D eigenvalue weighted by atomic mass is 28.3. The van der Waals surface area contributed by atoms with E-state index in [1.54, 1.807) is 0 Å². The molecule has 0 spiro atoms. The fourth-order valence-electron chi connectivity index (χ4n) is 0.408. The predicted octanol–water partition coefficient (Wildman–Crippen LogP) is 2.66. The topological polar surface area (TPSA) is 0 Å². The number of hydrogen-bond donors (Lipinski definition) is 0. The normalized spacial score (nSPS) is 12.8. The first-order valence-electron chi connectivity index (χ1n) is 3.50. The van der Waals surface area contributed by atoms with Gasteiger partial charge in [0.05, 0.1) is 0 Å². The molecular formula is C7H18Si. The highest BCUT2D eigenvalue weighted by Crippen LogP contribution is 2.31. The Hall–Kier alpha value is 0.217. The molecular weight excluding hydrogens is 112 g/mol. The Bertz CT molecular complexity index is 64.8. The third-order valence-electron chi connectivity index (χ3n) is 2.47. The lowest BCUT2D eigenvalue weighted by atomic mass is 10.1. The van der Waals surface area contributed by atoms with Crippen molar-refractivity contribution in [3.8, 4) is 0 Å². The lowest BCUT2D eigenvalue weighted by Gasteiger charge is -2.25. The van der Waals surface area contributed by atoms with E-state index in [2.05, 4.69) is 33.9 Å². The maximum atomic E-state index is 2.42. The van der Waals surface area contributed by atoms with Crippen molar-refractivity contribution in [3.05, 3.63) is 0 Å². The van der Waals surface area contributed by atoms with Crippen LogP contribution in [0.25, 0.3) is 0 Å². The Morgan fingerprint density at radius 2 is 1.62 bits per heavy atom. The van der Waals surface area contributed by atoms with Gasteiger partial charge in [0.15, 0.2) is 0 Å². The second kappa shape index (κ2) is 2.67. The zero-order valence-electron chi connectivity index (χ0n) is 6.78. The summed E-state index contributed by atoms with van der Waals surface area (Å²) in [5.41, 5.74) is 0. The molecule has 0 rings (SSSR count). The smallest absolute Gasteiger partial charge is 0.0364 e. The average molecular weight is 130 g/mol. The van der Waals surface area contributed by atoms with Crippen molar-refractivity contribution in [1.82, 2.24) is 0 Å². The van der Waals surface area contributed by atoms with Crippen LogP contribution in [0.15, 0.2) is 0 Å². The van der Waals surface area contributed by atoms with Crippen molar-refractivity contribution in [2.45, 2.75) is 45.3 Å². The summed E-state index contributed by atoms with van der Waals surface area (Å²) in [6, 6.07) is 0. The fourth-order valence-corrected chi connectivity index (χ4v) is 1.22. The SMILES string of the molecule is CCC(C)(C)[SiH](C)C. The molecule has 0 saturated carbocycles. The van der Waals surface area contributed by atoms with Crippen LogP contribution >= 0.6 is 0 Å². The van der Waals surface area contributed by atoms with Crippen LogP contribution in [0.2, 0.25) is 18.1 Å². The van der Waals surface area contributed by atoms with E-state index in [9.17, 15) is 0 Å². The van der Waals surface area contributed by atoms with E-state index in [4.69, 9.17) is 0 Å². The van der Waals surface area contributed by atoms with E-state index in [1.807, 2.05) is 0 Å². The third kappa shape index (κ3) is 1.99. The van der Waals surface area contributed by atoms with Gasteiger partial charge in [0.25, 0.3) is 0 Å². The maximum absolute atomic E-state index is 2.42. The molecule has 0 heterocycles. The standard InChI is InChI=1S/C7H18Si/c1-6-7(2,3)8(4)5/h8H,6H2,1-5H3. The van der Waals surface area contributed by atoms with Gasteiger partial charge in [-0.25, -0.2) is 0 Å². The van der Waals surface area contributed by atoms with Crippen molar-refractivity contribution >= 4 is 8.80 Å². The summed E-state index contributed by atoms with van der Waals surface area (Å²) in [4.78, 5) is 0. The first-order chi connectivity index (χ1) is 3.50. The molecule has 0 amide bonds. The molecule has 0 atom stereocenters. The van der Waals surface area contributed by atoms with Crippen molar-refractivity contribution in [2.24, 2.45) is 0 Å². The van der Waals surface area contributed by atoms with E-state index < -0.39 is 0 Å². The van der Waals surface area contributed by atoms with Crippen molar-refractivity contribution < 1.29 is 0 Å². The van der Waals surface area contributed by atoms with Gasteiger partial charge in [-0.15, -0.1) is 0 Å². The minimum atomic E-state index is -0.380. The Labute approximate surface area is 54.9 Å². The fraction of sp³-hybridized carbons (Fsp3) is 1.00.